The SMILES string of the molecule is CCNC(=S)N/N=C\c1cc(Br)c(OCc2ccc([N+](=O)[O-])cc2)c(OC)c1. The third-order valence-corrected chi connectivity index (χ3v) is 4.32. The van der Waals surface area contributed by atoms with E-state index < -0.39 is 4.92 Å². The number of halogens is 1. The van der Waals surface area contributed by atoms with Crippen molar-refractivity contribution in [1.29, 1.82) is 0 Å². The van der Waals surface area contributed by atoms with E-state index in [9.17, 15) is 10.1 Å². The van der Waals surface area contributed by atoms with Crippen molar-refractivity contribution in [2.75, 3.05) is 13.7 Å². The van der Waals surface area contributed by atoms with Crippen molar-refractivity contribution in [1.82, 2.24) is 10.7 Å². The Morgan fingerprint density at radius 2 is 2.07 bits per heavy atom. The predicted molar refractivity (Wildman–Crippen MR) is 115 cm³/mol. The fraction of sp³-hybridized carbons (Fsp3) is 0.222. The highest BCUT2D eigenvalue weighted by atomic mass is 79.9. The van der Waals surface area contributed by atoms with Crippen LogP contribution < -0.4 is 20.2 Å². The van der Waals surface area contributed by atoms with Crippen molar-refractivity contribution in [3.8, 4) is 11.5 Å². The highest BCUT2D eigenvalue weighted by molar-refractivity contribution is 9.10. The number of nitro benzene ring substituents is 1. The molecule has 0 fully saturated rings. The monoisotopic (exact) mass is 466 g/mol. The Hall–Kier alpha value is -2.72. The second-order valence-corrected chi connectivity index (χ2v) is 6.74. The summed E-state index contributed by atoms with van der Waals surface area (Å²) in [6, 6.07) is 9.79. The number of non-ortho nitro benzene ring substituents is 1. The van der Waals surface area contributed by atoms with Crippen LogP contribution in [0.4, 0.5) is 5.69 Å². The zero-order valence-electron chi connectivity index (χ0n) is 15.3. The Morgan fingerprint density at radius 3 is 2.68 bits per heavy atom. The molecule has 2 aromatic rings. The van der Waals surface area contributed by atoms with E-state index in [1.807, 2.05) is 13.0 Å². The van der Waals surface area contributed by atoms with Crippen LogP contribution >= 0.6 is 28.1 Å². The second kappa shape index (κ2) is 10.6. The molecule has 0 aliphatic heterocycles. The lowest BCUT2D eigenvalue weighted by Crippen LogP contribution is -2.31. The standard InChI is InChI=1S/C18H19BrN4O4S/c1-3-20-18(28)22-21-10-13-8-15(19)17(16(9-13)26-2)27-11-12-4-6-14(7-5-12)23(24)25/h4-10H,3,11H2,1-2H3,(H2,20,22,28)/b21-10-. The number of nitrogens with one attached hydrogen (secondary N) is 2. The average molecular weight is 467 g/mol. The Balaban J connectivity index is 2.09. The highest BCUT2D eigenvalue weighted by Gasteiger charge is 2.12. The molecule has 2 N–H and O–H groups in total. The van der Waals surface area contributed by atoms with E-state index in [0.29, 0.717) is 27.6 Å². The van der Waals surface area contributed by atoms with Crippen LogP contribution in [0.25, 0.3) is 0 Å². The molecule has 0 heterocycles. The van der Waals surface area contributed by atoms with Crippen molar-refractivity contribution in [2.45, 2.75) is 13.5 Å². The Labute approximate surface area is 176 Å². The number of rotatable bonds is 8. The number of benzene rings is 2. The van der Waals surface area contributed by atoms with Gasteiger partial charge in [0.25, 0.3) is 5.69 Å². The first-order valence-corrected chi connectivity index (χ1v) is 9.45. The lowest BCUT2D eigenvalue weighted by atomic mass is 10.2. The van der Waals surface area contributed by atoms with E-state index >= 15 is 0 Å². The molecule has 10 heteroatoms. The molecule has 148 valence electrons. The van der Waals surface area contributed by atoms with Crippen molar-refractivity contribution in [2.24, 2.45) is 5.10 Å². The predicted octanol–water partition coefficient (Wildman–Crippen LogP) is 3.76. The van der Waals surface area contributed by atoms with Crippen molar-refractivity contribution in [3.63, 3.8) is 0 Å². The van der Waals surface area contributed by atoms with Crippen LogP contribution in [-0.2, 0) is 6.61 Å². The summed E-state index contributed by atoms with van der Waals surface area (Å²) in [4.78, 5) is 10.3. The van der Waals surface area contributed by atoms with Gasteiger partial charge in [-0.3, -0.25) is 15.5 Å². The molecule has 2 aromatic carbocycles. The zero-order valence-corrected chi connectivity index (χ0v) is 17.7. The van der Waals surface area contributed by atoms with Crippen LogP contribution in [0, 0.1) is 10.1 Å². The summed E-state index contributed by atoms with van der Waals surface area (Å²) in [5.74, 6) is 1.04. The van der Waals surface area contributed by atoms with E-state index in [1.165, 1.54) is 12.1 Å². The molecule has 0 aliphatic rings. The maximum Gasteiger partial charge on any atom is 0.269 e. The number of hydrogen-bond acceptors (Lipinski definition) is 6. The van der Waals surface area contributed by atoms with Crippen molar-refractivity contribution < 1.29 is 14.4 Å². The number of thiocarbonyl (C=S) groups is 1. The van der Waals surface area contributed by atoms with Crippen LogP contribution in [0.5, 0.6) is 11.5 Å². The van der Waals surface area contributed by atoms with E-state index in [-0.39, 0.29) is 12.3 Å². The molecule has 0 radical (unpaired) electrons. The summed E-state index contributed by atoms with van der Waals surface area (Å²) in [5, 5.41) is 18.2. The maximum atomic E-state index is 10.7. The first-order valence-electron chi connectivity index (χ1n) is 8.25. The molecule has 0 aliphatic carbocycles. The van der Waals surface area contributed by atoms with Gasteiger partial charge in [-0.05, 0) is 70.5 Å². The number of nitro groups is 1. The molecular formula is C18H19BrN4O4S. The molecule has 0 atom stereocenters. The van der Waals surface area contributed by atoms with Gasteiger partial charge in [-0.2, -0.15) is 5.10 Å². The van der Waals surface area contributed by atoms with Gasteiger partial charge in [0.15, 0.2) is 16.6 Å². The van der Waals surface area contributed by atoms with Crippen molar-refractivity contribution >= 4 is 45.2 Å². The summed E-state index contributed by atoms with van der Waals surface area (Å²) >= 11 is 8.51. The number of nitrogens with zero attached hydrogens (tertiary/aromatic N) is 2. The fourth-order valence-corrected chi connectivity index (χ4v) is 2.96. The minimum atomic E-state index is -0.440. The average Bonchev–Trinajstić information content (AvgIpc) is 2.67. The van der Waals surface area contributed by atoms with Gasteiger partial charge in [-0.1, -0.05) is 0 Å². The van der Waals surface area contributed by atoms with E-state index in [2.05, 4.69) is 31.8 Å². The molecule has 8 nitrogen and oxygen atoms in total. The van der Waals surface area contributed by atoms with Gasteiger partial charge in [0, 0.05) is 18.7 Å². The highest BCUT2D eigenvalue weighted by Crippen LogP contribution is 2.36. The number of methoxy groups -OCH3 is 1. The second-order valence-electron chi connectivity index (χ2n) is 5.48. The van der Waals surface area contributed by atoms with E-state index in [1.54, 1.807) is 31.5 Å². The topological polar surface area (TPSA) is 98.0 Å². The third-order valence-electron chi connectivity index (χ3n) is 3.50. The molecule has 0 bridgehead atoms. The number of hydrazone groups is 1. The van der Waals surface area contributed by atoms with E-state index in [4.69, 9.17) is 21.7 Å². The first-order chi connectivity index (χ1) is 13.4. The molecule has 0 saturated carbocycles. The molecule has 0 spiro atoms. The molecular weight excluding hydrogens is 448 g/mol. The lowest BCUT2D eigenvalue weighted by molar-refractivity contribution is -0.384. The van der Waals surface area contributed by atoms with Gasteiger partial charge >= 0.3 is 0 Å². The van der Waals surface area contributed by atoms with Gasteiger partial charge in [-0.25, -0.2) is 0 Å². The fourth-order valence-electron chi connectivity index (χ4n) is 2.19. The maximum absolute atomic E-state index is 10.7. The van der Waals surface area contributed by atoms with Gasteiger partial charge in [-0.15, -0.1) is 0 Å². The smallest absolute Gasteiger partial charge is 0.269 e. The summed E-state index contributed by atoms with van der Waals surface area (Å²) in [7, 11) is 1.54. The van der Waals surface area contributed by atoms with Crippen LogP contribution in [0.2, 0.25) is 0 Å². The molecule has 28 heavy (non-hydrogen) atoms. The first kappa shape index (κ1) is 21.6. The Bertz CT molecular complexity index is 875. The normalized spacial score (nSPS) is 10.5. The third kappa shape index (κ3) is 6.17. The molecule has 0 amide bonds. The summed E-state index contributed by atoms with van der Waals surface area (Å²) in [5.41, 5.74) is 4.33. The molecule has 0 saturated heterocycles. The molecule has 0 unspecified atom stereocenters. The minimum Gasteiger partial charge on any atom is -0.493 e. The summed E-state index contributed by atoms with van der Waals surface area (Å²) in [6.45, 7) is 2.88. The van der Waals surface area contributed by atoms with Gasteiger partial charge in [0.05, 0.1) is 22.7 Å². The largest absolute Gasteiger partial charge is 0.493 e. The van der Waals surface area contributed by atoms with Crippen LogP contribution in [-0.4, -0.2) is 29.9 Å². The zero-order chi connectivity index (χ0) is 20.5. The van der Waals surface area contributed by atoms with Crippen LogP contribution in [0.3, 0.4) is 0 Å². The number of ether oxygens (including phenoxy) is 2. The quantitative estimate of drug-likeness (QED) is 0.264. The van der Waals surface area contributed by atoms with Crippen molar-refractivity contribution in [3.05, 3.63) is 62.1 Å². The number of hydrogen-bond donors (Lipinski definition) is 2. The molecule has 0 aromatic heterocycles. The summed E-state index contributed by atoms with van der Waals surface area (Å²) < 4.78 is 11.9. The van der Waals surface area contributed by atoms with E-state index in [0.717, 1.165) is 11.1 Å². The van der Waals surface area contributed by atoms with Gasteiger partial charge in [0.1, 0.15) is 6.61 Å². The van der Waals surface area contributed by atoms with Crippen LogP contribution in [0.1, 0.15) is 18.1 Å². The minimum absolute atomic E-state index is 0.0355. The molecule has 2 rings (SSSR count). The summed E-state index contributed by atoms with van der Waals surface area (Å²) in [6.07, 6.45) is 1.61. The Morgan fingerprint density at radius 1 is 1.36 bits per heavy atom. The van der Waals surface area contributed by atoms with Gasteiger partial charge in [0.2, 0.25) is 0 Å². The van der Waals surface area contributed by atoms with Gasteiger partial charge < -0.3 is 14.8 Å². The lowest BCUT2D eigenvalue weighted by Gasteiger charge is -2.13. The van der Waals surface area contributed by atoms with Crippen LogP contribution in [0.15, 0.2) is 46.0 Å². The Kier molecular flexibility index (Phi) is 8.15.